The maximum Gasteiger partial charge on any atom is 0.135 e. The molecule has 12 heavy (non-hydrogen) atoms. The summed E-state index contributed by atoms with van der Waals surface area (Å²) in [5.74, 6) is 1.00. The van der Waals surface area contributed by atoms with Crippen molar-refractivity contribution in [3.8, 4) is 0 Å². The van der Waals surface area contributed by atoms with Crippen molar-refractivity contribution in [1.29, 1.82) is 0 Å². The third-order valence-corrected chi connectivity index (χ3v) is 2.27. The van der Waals surface area contributed by atoms with Crippen LogP contribution in [0.4, 0.5) is 0 Å². The summed E-state index contributed by atoms with van der Waals surface area (Å²) in [5, 5.41) is 0. The molecule has 1 heterocycles. The molecule has 0 N–H and O–H groups in total. The molecular formula is C10H18O2. The maximum absolute atomic E-state index is 11.2. The van der Waals surface area contributed by atoms with Gasteiger partial charge in [0.1, 0.15) is 5.78 Å². The molecule has 1 aliphatic heterocycles. The van der Waals surface area contributed by atoms with Gasteiger partial charge in [0.05, 0.1) is 6.10 Å². The van der Waals surface area contributed by atoms with Gasteiger partial charge >= 0.3 is 0 Å². The van der Waals surface area contributed by atoms with Crippen molar-refractivity contribution in [2.75, 3.05) is 6.61 Å². The fourth-order valence-electron chi connectivity index (χ4n) is 1.66. The van der Waals surface area contributed by atoms with E-state index >= 15 is 0 Å². The minimum atomic E-state index is 0.221. The highest BCUT2D eigenvalue weighted by molar-refractivity contribution is 5.78. The van der Waals surface area contributed by atoms with Gasteiger partial charge in [0.2, 0.25) is 0 Å². The molecular weight excluding hydrogens is 152 g/mol. The fourth-order valence-corrected chi connectivity index (χ4v) is 1.66. The Morgan fingerprint density at radius 2 is 2.33 bits per heavy atom. The molecule has 2 atom stereocenters. The molecule has 1 rings (SSSR count). The summed E-state index contributed by atoms with van der Waals surface area (Å²) in [7, 11) is 0. The van der Waals surface area contributed by atoms with Crippen molar-refractivity contribution < 1.29 is 9.53 Å². The van der Waals surface area contributed by atoms with Crippen molar-refractivity contribution in [3.05, 3.63) is 0 Å². The predicted octanol–water partition coefficient (Wildman–Crippen LogP) is 2.17. The zero-order valence-electron chi connectivity index (χ0n) is 8.01. The van der Waals surface area contributed by atoms with Crippen LogP contribution in [-0.2, 0) is 9.53 Å². The Hall–Kier alpha value is -0.370. The normalized spacial score (nSPS) is 29.2. The first kappa shape index (κ1) is 9.72. The lowest BCUT2D eigenvalue weighted by Crippen LogP contribution is -2.12. The highest BCUT2D eigenvalue weighted by Gasteiger charge is 2.23. The highest BCUT2D eigenvalue weighted by Crippen LogP contribution is 2.21. The minimum Gasteiger partial charge on any atom is -0.377 e. The second kappa shape index (κ2) is 4.61. The van der Waals surface area contributed by atoms with Crippen molar-refractivity contribution in [3.63, 3.8) is 0 Å². The van der Waals surface area contributed by atoms with E-state index in [1.165, 1.54) is 0 Å². The Morgan fingerprint density at radius 3 is 2.83 bits per heavy atom. The number of ketones is 1. The van der Waals surface area contributed by atoms with Crippen molar-refractivity contribution in [2.45, 2.75) is 45.6 Å². The largest absolute Gasteiger partial charge is 0.377 e. The van der Waals surface area contributed by atoms with Gasteiger partial charge in [0.15, 0.2) is 0 Å². The molecule has 0 saturated carbocycles. The van der Waals surface area contributed by atoms with Crippen molar-refractivity contribution >= 4 is 5.78 Å². The van der Waals surface area contributed by atoms with Gasteiger partial charge in [-0.25, -0.2) is 0 Å². The maximum atomic E-state index is 11.2. The number of hydrogen-bond donors (Lipinski definition) is 0. The zero-order chi connectivity index (χ0) is 8.97. The summed E-state index contributed by atoms with van der Waals surface area (Å²) in [6, 6.07) is 0. The van der Waals surface area contributed by atoms with E-state index in [0.29, 0.717) is 24.5 Å². The Bertz CT molecular complexity index is 154. The number of carbonyl (C=O) groups excluding carboxylic acids is 1. The molecule has 2 heteroatoms. The van der Waals surface area contributed by atoms with E-state index in [2.05, 4.69) is 6.92 Å². The van der Waals surface area contributed by atoms with Gasteiger partial charge in [0.25, 0.3) is 0 Å². The molecule has 1 aliphatic rings. The molecule has 0 aromatic heterocycles. The zero-order valence-corrected chi connectivity index (χ0v) is 8.01. The summed E-state index contributed by atoms with van der Waals surface area (Å²) >= 11 is 0. The van der Waals surface area contributed by atoms with Crippen LogP contribution in [0, 0.1) is 5.92 Å². The summed E-state index contributed by atoms with van der Waals surface area (Å²) < 4.78 is 5.46. The predicted molar refractivity (Wildman–Crippen MR) is 48.1 cm³/mol. The van der Waals surface area contributed by atoms with Crippen LogP contribution in [0.15, 0.2) is 0 Å². The molecule has 2 nitrogen and oxygen atoms in total. The van der Waals surface area contributed by atoms with Crippen LogP contribution >= 0.6 is 0 Å². The van der Waals surface area contributed by atoms with Gasteiger partial charge in [-0.05, 0) is 18.8 Å². The average Bonchev–Trinajstić information content (AvgIpc) is 2.36. The average molecular weight is 170 g/mol. The second-order valence-electron chi connectivity index (χ2n) is 3.79. The highest BCUT2D eigenvalue weighted by atomic mass is 16.5. The van der Waals surface area contributed by atoms with E-state index in [4.69, 9.17) is 4.74 Å². The Balaban J connectivity index is 2.18. The first-order valence-electron chi connectivity index (χ1n) is 4.85. The molecule has 1 saturated heterocycles. The van der Waals surface area contributed by atoms with Crippen LogP contribution in [0.5, 0.6) is 0 Å². The SMILES string of the molecule is CCCC(=O)CC1CC(C)CO1. The quantitative estimate of drug-likeness (QED) is 0.646. The smallest absolute Gasteiger partial charge is 0.135 e. The summed E-state index contributed by atoms with van der Waals surface area (Å²) in [6.45, 7) is 5.05. The van der Waals surface area contributed by atoms with Crippen LogP contribution < -0.4 is 0 Å². The third-order valence-electron chi connectivity index (χ3n) is 2.27. The number of ether oxygens (including phenoxy) is 1. The van der Waals surface area contributed by atoms with Gasteiger partial charge in [-0.1, -0.05) is 13.8 Å². The van der Waals surface area contributed by atoms with Crippen LogP contribution in [0.3, 0.4) is 0 Å². The molecule has 0 spiro atoms. The van der Waals surface area contributed by atoms with Crippen LogP contribution in [0.1, 0.15) is 39.5 Å². The van der Waals surface area contributed by atoms with Crippen molar-refractivity contribution in [2.24, 2.45) is 5.92 Å². The standard InChI is InChI=1S/C10H18O2/c1-3-4-9(11)6-10-5-8(2)7-12-10/h8,10H,3-7H2,1-2H3. The molecule has 0 aliphatic carbocycles. The summed E-state index contributed by atoms with van der Waals surface area (Å²) in [6.07, 6.45) is 3.60. The lowest BCUT2D eigenvalue weighted by molar-refractivity contribution is -0.121. The second-order valence-corrected chi connectivity index (χ2v) is 3.79. The van der Waals surface area contributed by atoms with E-state index < -0.39 is 0 Å². The molecule has 0 radical (unpaired) electrons. The van der Waals surface area contributed by atoms with Crippen LogP contribution in [0.25, 0.3) is 0 Å². The van der Waals surface area contributed by atoms with Gasteiger partial charge in [0, 0.05) is 19.4 Å². The van der Waals surface area contributed by atoms with Gasteiger partial charge < -0.3 is 4.74 Å². The lowest BCUT2D eigenvalue weighted by atomic mass is 10.0. The summed E-state index contributed by atoms with van der Waals surface area (Å²) in [5.41, 5.74) is 0. The lowest BCUT2D eigenvalue weighted by Gasteiger charge is -2.06. The van der Waals surface area contributed by atoms with E-state index in [0.717, 1.165) is 19.4 Å². The van der Waals surface area contributed by atoms with E-state index in [-0.39, 0.29) is 6.10 Å². The Labute approximate surface area is 74.3 Å². The van der Waals surface area contributed by atoms with Crippen LogP contribution in [0.2, 0.25) is 0 Å². The van der Waals surface area contributed by atoms with Gasteiger partial charge in [-0.3, -0.25) is 4.79 Å². The Kier molecular flexibility index (Phi) is 3.73. The number of rotatable bonds is 4. The van der Waals surface area contributed by atoms with E-state index in [1.54, 1.807) is 0 Å². The number of carbonyl (C=O) groups is 1. The monoisotopic (exact) mass is 170 g/mol. The molecule has 2 unspecified atom stereocenters. The number of hydrogen-bond acceptors (Lipinski definition) is 2. The first-order chi connectivity index (χ1) is 5.72. The molecule has 0 aromatic carbocycles. The van der Waals surface area contributed by atoms with Gasteiger partial charge in [-0.2, -0.15) is 0 Å². The van der Waals surface area contributed by atoms with Crippen LogP contribution in [-0.4, -0.2) is 18.5 Å². The van der Waals surface area contributed by atoms with Gasteiger partial charge in [-0.15, -0.1) is 0 Å². The third kappa shape index (κ3) is 2.94. The summed E-state index contributed by atoms with van der Waals surface area (Å²) in [4.78, 5) is 11.2. The van der Waals surface area contributed by atoms with E-state index in [9.17, 15) is 4.79 Å². The molecule has 0 bridgehead atoms. The Morgan fingerprint density at radius 1 is 1.58 bits per heavy atom. The molecule has 70 valence electrons. The van der Waals surface area contributed by atoms with Crippen molar-refractivity contribution in [1.82, 2.24) is 0 Å². The molecule has 1 fully saturated rings. The van der Waals surface area contributed by atoms with E-state index in [1.807, 2.05) is 6.92 Å². The molecule has 0 aromatic rings. The topological polar surface area (TPSA) is 26.3 Å². The first-order valence-corrected chi connectivity index (χ1v) is 4.85. The fraction of sp³-hybridized carbons (Fsp3) is 0.900. The molecule has 0 amide bonds. The number of Topliss-reactive ketones (excluding diaryl/α,β-unsaturated/α-hetero) is 1. The minimum absolute atomic E-state index is 0.221.